The molecule has 0 bridgehead atoms. The van der Waals surface area contributed by atoms with E-state index in [0.29, 0.717) is 63.5 Å². The first-order valence-corrected chi connectivity index (χ1v) is 13.9. The maximum absolute atomic E-state index is 12.8. The van der Waals surface area contributed by atoms with E-state index < -0.39 is 15.8 Å². The fourth-order valence-corrected chi connectivity index (χ4v) is 6.74. The number of hydrogen-bond donors (Lipinski definition) is 3. The minimum atomic E-state index is -3.54. The summed E-state index contributed by atoms with van der Waals surface area (Å²) in [7, 11) is -3.54. The minimum absolute atomic E-state index is 0.00976. The number of piperidine rings is 1. The fourth-order valence-electron chi connectivity index (χ4n) is 5.47. The van der Waals surface area contributed by atoms with Crippen molar-refractivity contribution in [1.82, 2.24) is 23.6 Å². The third-order valence-electron chi connectivity index (χ3n) is 7.50. The van der Waals surface area contributed by atoms with E-state index in [1.165, 1.54) is 10.4 Å². The Bertz CT molecular complexity index is 1220. The van der Waals surface area contributed by atoms with Gasteiger partial charge in [-0.3, -0.25) is 9.36 Å². The maximum Gasteiger partial charge on any atom is 0.279 e. The number of anilines is 1. The quantitative estimate of drug-likeness (QED) is 0.508. The van der Waals surface area contributed by atoms with Gasteiger partial charge in [0.05, 0.1) is 17.7 Å². The Balaban J connectivity index is 1.26. The highest BCUT2D eigenvalue weighted by Gasteiger charge is 2.39. The topological polar surface area (TPSA) is 139 Å². The number of aromatic nitrogens is 3. The van der Waals surface area contributed by atoms with Crippen LogP contribution in [-0.2, 0) is 14.9 Å². The van der Waals surface area contributed by atoms with Gasteiger partial charge in [-0.1, -0.05) is 0 Å². The Morgan fingerprint density at radius 1 is 1.20 bits per heavy atom. The van der Waals surface area contributed by atoms with Crippen LogP contribution in [0.1, 0.15) is 57.9 Å². The van der Waals surface area contributed by atoms with Crippen LogP contribution < -0.4 is 15.6 Å². The van der Waals surface area contributed by atoms with Gasteiger partial charge in [-0.25, -0.2) is 4.98 Å². The van der Waals surface area contributed by atoms with Crippen molar-refractivity contribution in [2.75, 3.05) is 31.6 Å². The highest BCUT2D eigenvalue weighted by Crippen LogP contribution is 2.39. The van der Waals surface area contributed by atoms with Gasteiger partial charge < -0.3 is 15.2 Å². The minimum Gasteiger partial charge on any atom is -0.388 e. The Morgan fingerprint density at radius 3 is 2.69 bits per heavy atom. The molecule has 5 rings (SSSR count). The van der Waals surface area contributed by atoms with Crippen molar-refractivity contribution in [1.29, 1.82) is 0 Å². The van der Waals surface area contributed by atoms with E-state index in [4.69, 9.17) is 4.74 Å². The Labute approximate surface area is 205 Å². The molecule has 192 valence electrons. The zero-order valence-electron chi connectivity index (χ0n) is 20.0. The third kappa shape index (κ3) is 5.21. The van der Waals surface area contributed by atoms with Gasteiger partial charge in [-0.2, -0.15) is 22.4 Å². The van der Waals surface area contributed by atoms with Crippen LogP contribution in [0.2, 0.25) is 0 Å². The largest absolute Gasteiger partial charge is 0.388 e. The summed E-state index contributed by atoms with van der Waals surface area (Å²) in [6, 6.07) is 2.87. The molecule has 3 fully saturated rings. The first kappa shape index (κ1) is 24.6. The van der Waals surface area contributed by atoms with Crippen molar-refractivity contribution in [3.05, 3.63) is 28.7 Å². The summed E-state index contributed by atoms with van der Waals surface area (Å²) in [6.07, 6.45) is 6.91. The molecule has 2 aromatic heterocycles. The number of pyridine rings is 1. The van der Waals surface area contributed by atoms with Gasteiger partial charge in [0.1, 0.15) is 5.65 Å². The summed E-state index contributed by atoms with van der Waals surface area (Å²) >= 11 is 0. The lowest BCUT2D eigenvalue weighted by molar-refractivity contribution is 0.0267. The van der Waals surface area contributed by atoms with Crippen molar-refractivity contribution >= 4 is 27.2 Å². The second-order valence-electron chi connectivity index (χ2n) is 10.1. The molecule has 3 atom stereocenters. The van der Waals surface area contributed by atoms with E-state index in [-0.39, 0.29) is 23.7 Å². The molecule has 1 saturated carbocycles. The standard InChI is InChI=1S/C23H34N6O5S/c1-23(31)10-2-5-19(23)29-20(30)7-6-16-14-24-22(27-21(16)29)26-17-8-11-28(12-9-17)35(32,33)25-15-18-4-3-13-34-18/h6-7,14,17-19,25,31H,2-5,8-13,15H2,1H3,(H,24,26,27)/t18-,19+,23+/m0/s1. The van der Waals surface area contributed by atoms with E-state index in [9.17, 15) is 18.3 Å². The highest BCUT2D eigenvalue weighted by atomic mass is 32.2. The van der Waals surface area contributed by atoms with Crippen LogP contribution in [0.5, 0.6) is 0 Å². The van der Waals surface area contributed by atoms with Gasteiger partial charge in [-0.15, -0.1) is 0 Å². The molecule has 2 saturated heterocycles. The van der Waals surface area contributed by atoms with Crippen LogP contribution in [0, 0.1) is 0 Å². The lowest BCUT2D eigenvalue weighted by atomic mass is 10.00. The molecule has 3 aliphatic rings. The summed E-state index contributed by atoms with van der Waals surface area (Å²) in [5, 5.41) is 14.9. The molecule has 0 radical (unpaired) electrons. The van der Waals surface area contributed by atoms with Gasteiger partial charge in [0.25, 0.3) is 15.8 Å². The molecule has 0 amide bonds. The Hall–Kier alpha value is -2.12. The molecule has 3 N–H and O–H groups in total. The predicted octanol–water partition coefficient (Wildman–Crippen LogP) is 1.16. The zero-order chi connectivity index (χ0) is 24.6. The van der Waals surface area contributed by atoms with Gasteiger partial charge >= 0.3 is 0 Å². The van der Waals surface area contributed by atoms with Crippen LogP contribution in [0.3, 0.4) is 0 Å². The van der Waals surface area contributed by atoms with Gasteiger partial charge in [0, 0.05) is 49.9 Å². The third-order valence-corrected chi connectivity index (χ3v) is 9.08. The molecule has 11 nitrogen and oxygen atoms in total. The fraction of sp³-hybridized carbons (Fsp3) is 0.696. The SMILES string of the molecule is C[C@@]1(O)CCC[C@H]1n1c(=O)ccc2cnc(NC3CCN(S(=O)(=O)NC[C@@H]4CCCO4)CC3)nc21. The van der Waals surface area contributed by atoms with Crippen LogP contribution >= 0.6 is 0 Å². The summed E-state index contributed by atoms with van der Waals surface area (Å²) < 4.78 is 36.6. The molecule has 4 heterocycles. The number of nitrogens with one attached hydrogen (secondary N) is 2. The van der Waals surface area contributed by atoms with Crippen molar-refractivity contribution < 1.29 is 18.3 Å². The van der Waals surface area contributed by atoms with Crippen molar-refractivity contribution in [3.63, 3.8) is 0 Å². The second kappa shape index (κ2) is 9.74. The summed E-state index contributed by atoms with van der Waals surface area (Å²) in [6.45, 7) is 3.55. The van der Waals surface area contributed by atoms with Crippen LogP contribution in [-0.4, -0.2) is 76.4 Å². The summed E-state index contributed by atoms with van der Waals surface area (Å²) in [5.41, 5.74) is -0.656. The molecular formula is C23H34N6O5S. The highest BCUT2D eigenvalue weighted by molar-refractivity contribution is 7.87. The summed E-state index contributed by atoms with van der Waals surface area (Å²) in [4.78, 5) is 21.8. The monoisotopic (exact) mass is 506 g/mol. The Kier molecular flexibility index (Phi) is 6.83. The van der Waals surface area contributed by atoms with E-state index in [2.05, 4.69) is 20.0 Å². The van der Waals surface area contributed by atoms with Crippen LogP contribution in [0.4, 0.5) is 5.95 Å². The first-order chi connectivity index (χ1) is 16.7. The van der Waals surface area contributed by atoms with Crippen molar-refractivity contribution in [2.45, 2.75) is 75.7 Å². The van der Waals surface area contributed by atoms with Gasteiger partial charge in [0.2, 0.25) is 5.95 Å². The molecule has 0 spiro atoms. The van der Waals surface area contributed by atoms with Gasteiger partial charge in [0.15, 0.2) is 0 Å². The average molecular weight is 507 g/mol. The van der Waals surface area contributed by atoms with Gasteiger partial charge in [-0.05, 0) is 57.9 Å². The number of rotatable bonds is 7. The normalized spacial score (nSPS) is 28.6. The van der Waals surface area contributed by atoms with E-state index >= 15 is 0 Å². The van der Waals surface area contributed by atoms with Crippen molar-refractivity contribution in [2.24, 2.45) is 0 Å². The molecule has 2 aliphatic heterocycles. The second-order valence-corrected chi connectivity index (χ2v) is 11.8. The lowest BCUT2D eigenvalue weighted by Crippen LogP contribution is -2.48. The molecule has 2 aromatic rings. The Morgan fingerprint density at radius 2 is 2.00 bits per heavy atom. The van der Waals surface area contributed by atoms with Crippen LogP contribution in [0.25, 0.3) is 11.0 Å². The van der Waals surface area contributed by atoms with Crippen molar-refractivity contribution in [3.8, 4) is 0 Å². The van der Waals surface area contributed by atoms with Crippen LogP contribution in [0.15, 0.2) is 23.1 Å². The molecule has 35 heavy (non-hydrogen) atoms. The number of ether oxygens (including phenoxy) is 1. The van der Waals surface area contributed by atoms with E-state index in [0.717, 1.165) is 24.6 Å². The molecule has 1 aliphatic carbocycles. The number of hydrogen-bond acceptors (Lipinski definition) is 8. The zero-order valence-corrected chi connectivity index (χ0v) is 20.8. The lowest BCUT2D eigenvalue weighted by Gasteiger charge is -2.32. The number of aliphatic hydroxyl groups is 1. The average Bonchev–Trinajstić information content (AvgIpc) is 3.47. The van der Waals surface area contributed by atoms with E-state index in [1.54, 1.807) is 23.8 Å². The predicted molar refractivity (Wildman–Crippen MR) is 131 cm³/mol. The number of nitrogens with zero attached hydrogens (tertiary/aromatic N) is 4. The number of fused-ring (bicyclic) bond motifs is 1. The molecule has 0 aromatic carbocycles. The summed E-state index contributed by atoms with van der Waals surface area (Å²) in [5.74, 6) is 0.396. The first-order valence-electron chi connectivity index (χ1n) is 12.5. The molecule has 12 heteroatoms. The molecule has 0 unspecified atom stereocenters. The smallest absolute Gasteiger partial charge is 0.279 e. The van der Waals surface area contributed by atoms with E-state index in [1.807, 2.05) is 0 Å². The maximum atomic E-state index is 12.8. The molecular weight excluding hydrogens is 472 g/mol.